The van der Waals surface area contributed by atoms with Crippen LogP contribution in [-0.4, -0.2) is 12.1 Å². The second-order valence-corrected chi connectivity index (χ2v) is 4.39. The lowest BCUT2D eigenvalue weighted by Gasteiger charge is -2.07. The normalized spacial score (nSPS) is 12.6. The Morgan fingerprint density at radius 2 is 2.12 bits per heavy atom. The first kappa shape index (κ1) is 11.3. The quantitative estimate of drug-likeness (QED) is 0.883. The van der Waals surface area contributed by atoms with Gasteiger partial charge in [-0.1, -0.05) is 30.3 Å². The molecule has 4 heteroatoms. The number of nitrogens with zero attached hydrogens (tertiary/aromatic N) is 1. The molecule has 1 aromatic heterocycles. The zero-order valence-electron chi connectivity index (χ0n) is 9.09. The number of aromatic nitrogens is 1. The van der Waals surface area contributed by atoms with E-state index in [-0.39, 0.29) is 6.04 Å². The van der Waals surface area contributed by atoms with Gasteiger partial charge in [-0.05, 0) is 5.56 Å². The van der Waals surface area contributed by atoms with E-state index in [4.69, 9.17) is 10.5 Å². The van der Waals surface area contributed by atoms with Gasteiger partial charge >= 0.3 is 0 Å². The average Bonchev–Trinajstić information content (AvgIpc) is 2.78. The Bertz CT molecular complexity index is 441. The van der Waals surface area contributed by atoms with Crippen LogP contribution in [0.25, 0.3) is 0 Å². The van der Waals surface area contributed by atoms with Gasteiger partial charge in [0.2, 0.25) is 0 Å². The van der Waals surface area contributed by atoms with E-state index in [9.17, 15) is 0 Å². The Hall–Kier alpha value is -1.23. The number of ether oxygens (including phenoxy) is 1. The van der Waals surface area contributed by atoms with E-state index in [1.807, 2.05) is 35.7 Å². The molecular formula is C12H14N2OS. The SMILES string of the molecule is COCc1csc(C(N)c2ccccc2)n1. The maximum atomic E-state index is 6.13. The van der Waals surface area contributed by atoms with Crippen LogP contribution in [0.1, 0.15) is 22.3 Å². The Labute approximate surface area is 98.9 Å². The summed E-state index contributed by atoms with van der Waals surface area (Å²) in [6.45, 7) is 0.540. The summed E-state index contributed by atoms with van der Waals surface area (Å²) in [4.78, 5) is 4.44. The van der Waals surface area contributed by atoms with E-state index < -0.39 is 0 Å². The van der Waals surface area contributed by atoms with E-state index >= 15 is 0 Å². The number of rotatable bonds is 4. The van der Waals surface area contributed by atoms with Crippen LogP contribution >= 0.6 is 11.3 Å². The molecule has 1 unspecified atom stereocenters. The van der Waals surface area contributed by atoms with Crippen LogP contribution in [0.3, 0.4) is 0 Å². The van der Waals surface area contributed by atoms with Crippen LogP contribution in [0.4, 0.5) is 0 Å². The van der Waals surface area contributed by atoms with Crippen molar-refractivity contribution < 1.29 is 4.74 Å². The molecule has 3 nitrogen and oxygen atoms in total. The zero-order valence-corrected chi connectivity index (χ0v) is 9.91. The summed E-state index contributed by atoms with van der Waals surface area (Å²) in [5.74, 6) is 0. The number of benzene rings is 1. The van der Waals surface area contributed by atoms with Gasteiger partial charge in [0.25, 0.3) is 0 Å². The summed E-state index contributed by atoms with van der Waals surface area (Å²) < 4.78 is 5.03. The van der Waals surface area contributed by atoms with Crippen LogP contribution in [0.2, 0.25) is 0 Å². The first-order valence-electron chi connectivity index (χ1n) is 5.05. The van der Waals surface area contributed by atoms with Gasteiger partial charge in [0, 0.05) is 12.5 Å². The molecule has 1 aromatic carbocycles. The third-order valence-electron chi connectivity index (χ3n) is 2.29. The summed E-state index contributed by atoms with van der Waals surface area (Å²) in [6, 6.07) is 9.84. The fraction of sp³-hybridized carbons (Fsp3) is 0.250. The molecule has 1 atom stereocenters. The summed E-state index contributed by atoms with van der Waals surface area (Å²) in [7, 11) is 1.66. The third-order valence-corrected chi connectivity index (χ3v) is 3.26. The molecule has 0 fully saturated rings. The Balaban J connectivity index is 2.17. The van der Waals surface area contributed by atoms with Gasteiger partial charge in [-0.15, -0.1) is 11.3 Å². The van der Waals surface area contributed by atoms with Gasteiger partial charge in [-0.25, -0.2) is 4.98 Å². The second-order valence-electron chi connectivity index (χ2n) is 3.50. The van der Waals surface area contributed by atoms with Crippen molar-refractivity contribution in [3.8, 4) is 0 Å². The minimum Gasteiger partial charge on any atom is -0.378 e. The summed E-state index contributed by atoms with van der Waals surface area (Å²) in [5.41, 5.74) is 8.16. The minimum absolute atomic E-state index is 0.142. The van der Waals surface area contributed by atoms with E-state index in [0.717, 1.165) is 16.3 Å². The largest absolute Gasteiger partial charge is 0.378 e. The lowest BCUT2D eigenvalue weighted by Crippen LogP contribution is -2.11. The van der Waals surface area contributed by atoms with Gasteiger partial charge in [0.1, 0.15) is 5.01 Å². The standard InChI is InChI=1S/C12H14N2OS/c1-15-7-10-8-16-12(14-10)11(13)9-5-3-2-4-6-9/h2-6,8,11H,7,13H2,1H3. The third kappa shape index (κ3) is 2.47. The lowest BCUT2D eigenvalue weighted by molar-refractivity contribution is 0.182. The Kier molecular flexibility index (Phi) is 3.66. The first-order valence-corrected chi connectivity index (χ1v) is 5.93. The fourth-order valence-electron chi connectivity index (χ4n) is 1.48. The number of methoxy groups -OCH3 is 1. The number of nitrogens with two attached hydrogens (primary N) is 1. The van der Waals surface area contributed by atoms with Gasteiger partial charge in [0.05, 0.1) is 18.3 Å². The van der Waals surface area contributed by atoms with Gasteiger partial charge < -0.3 is 10.5 Å². The Morgan fingerprint density at radius 1 is 1.38 bits per heavy atom. The van der Waals surface area contributed by atoms with Crippen LogP contribution < -0.4 is 5.73 Å². The van der Waals surface area contributed by atoms with Crippen molar-refractivity contribution in [2.75, 3.05) is 7.11 Å². The molecule has 2 N–H and O–H groups in total. The topological polar surface area (TPSA) is 48.1 Å². The first-order chi connectivity index (χ1) is 7.81. The molecule has 0 spiro atoms. The van der Waals surface area contributed by atoms with Crippen LogP contribution in [0.15, 0.2) is 35.7 Å². The molecule has 0 aliphatic heterocycles. The summed E-state index contributed by atoms with van der Waals surface area (Å²) in [6.07, 6.45) is 0. The minimum atomic E-state index is -0.142. The van der Waals surface area contributed by atoms with Crippen molar-refractivity contribution >= 4 is 11.3 Å². The summed E-state index contributed by atoms with van der Waals surface area (Å²) >= 11 is 1.58. The van der Waals surface area contributed by atoms with Crippen LogP contribution in [0.5, 0.6) is 0 Å². The number of thiazole rings is 1. The molecule has 0 bridgehead atoms. The molecule has 0 saturated carbocycles. The van der Waals surface area contributed by atoms with Crippen molar-refractivity contribution in [1.82, 2.24) is 4.98 Å². The lowest BCUT2D eigenvalue weighted by atomic mass is 10.1. The van der Waals surface area contributed by atoms with Crippen molar-refractivity contribution in [3.63, 3.8) is 0 Å². The van der Waals surface area contributed by atoms with Crippen molar-refractivity contribution in [2.45, 2.75) is 12.6 Å². The van der Waals surface area contributed by atoms with E-state index in [1.54, 1.807) is 18.4 Å². The molecule has 0 saturated heterocycles. The van der Waals surface area contributed by atoms with Gasteiger partial charge in [0.15, 0.2) is 0 Å². The Morgan fingerprint density at radius 3 is 2.81 bits per heavy atom. The average molecular weight is 234 g/mol. The maximum Gasteiger partial charge on any atom is 0.114 e. The smallest absolute Gasteiger partial charge is 0.114 e. The predicted molar refractivity (Wildman–Crippen MR) is 65.3 cm³/mol. The van der Waals surface area contributed by atoms with Crippen LogP contribution in [0, 0.1) is 0 Å². The molecule has 2 rings (SSSR count). The summed E-state index contributed by atoms with van der Waals surface area (Å²) in [5, 5.41) is 2.92. The van der Waals surface area contributed by atoms with Crippen molar-refractivity contribution in [3.05, 3.63) is 52.0 Å². The molecule has 1 heterocycles. The maximum absolute atomic E-state index is 6.13. The van der Waals surface area contributed by atoms with Crippen LogP contribution in [-0.2, 0) is 11.3 Å². The van der Waals surface area contributed by atoms with E-state index in [1.165, 1.54) is 0 Å². The highest BCUT2D eigenvalue weighted by molar-refractivity contribution is 7.09. The van der Waals surface area contributed by atoms with Crippen molar-refractivity contribution in [1.29, 1.82) is 0 Å². The van der Waals surface area contributed by atoms with Gasteiger partial charge in [-0.2, -0.15) is 0 Å². The molecular weight excluding hydrogens is 220 g/mol. The molecule has 0 amide bonds. The predicted octanol–water partition coefficient (Wildman–Crippen LogP) is 2.34. The zero-order chi connectivity index (χ0) is 11.4. The molecule has 0 aliphatic rings. The van der Waals surface area contributed by atoms with Gasteiger partial charge in [-0.3, -0.25) is 0 Å². The van der Waals surface area contributed by atoms with E-state index in [2.05, 4.69) is 4.98 Å². The monoisotopic (exact) mass is 234 g/mol. The van der Waals surface area contributed by atoms with E-state index in [0.29, 0.717) is 6.61 Å². The number of hydrogen-bond acceptors (Lipinski definition) is 4. The highest BCUT2D eigenvalue weighted by Crippen LogP contribution is 2.22. The molecule has 0 aliphatic carbocycles. The second kappa shape index (κ2) is 5.21. The molecule has 16 heavy (non-hydrogen) atoms. The molecule has 0 radical (unpaired) electrons. The fourth-order valence-corrected chi connectivity index (χ4v) is 2.31. The molecule has 84 valence electrons. The highest BCUT2D eigenvalue weighted by Gasteiger charge is 2.12. The highest BCUT2D eigenvalue weighted by atomic mass is 32.1. The number of hydrogen-bond donors (Lipinski definition) is 1. The molecule has 2 aromatic rings. The van der Waals surface area contributed by atoms with Crippen molar-refractivity contribution in [2.24, 2.45) is 5.73 Å².